The van der Waals surface area contributed by atoms with Crippen LogP contribution in [0.4, 0.5) is 0 Å². The Morgan fingerprint density at radius 3 is 1.22 bits per heavy atom. The van der Waals surface area contributed by atoms with Crippen molar-refractivity contribution in [2.45, 2.75) is 24.0 Å². The van der Waals surface area contributed by atoms with Gasteiger partial charge in [-0.25, -0.2) is 0 Å². The molecule has 0 aromatic heterocycles. The molecule has 0 radical (unpaired) electrons. The summed E-state index contributed by atoms with van der Waals surface area (Å²) in [6, 6.07) is 18.8. The van der Waals surface area contributed by atoms with Crippen molar-refractivity contribution < 1.29 is 10.2 Å². The fourth-order valence-corrected chi connectivity index (χ4v) is 2.78. The molecule has 0 aliphatic heterocycles. The Bertz CT molecular complexity index is 452. The number of rotatable bonds is 2. The minimum atomic E-state index is -0.822. The average Bonchev–Trinajstić information content (AvgIpc) is 2.41. The van der Waals surface area contributed by atoms with Gasteiger partial charge in [0.15, 0.2) is 0 Å². The molecule has 0 heterocycles. The van der Waals surface area contributed by atoms with Gasteiger partial charge in [-0.15, -0.1) is 12.2 Å². The van der Waals surface area contributed by atoms with Crippen LogP contribution in [-0.2, 0) is 0 Å². The highest BCUT2D eigenvalue weighted by atomic mass is 16.3. The van der Waals surface area contributed by atoms with Crippen molar-refractivity contribution in [2.75, 3.05) is 0 Å². The first-order chi connectivity index (χ1) is 8.79. The summed E-state index contributed by atoms with van der Waals surface area (Å²) in [6.07, 6.45) is -1.64. The summed E-state index contributed by atoms with van der Waals surface area (Å²) in [7, 11) is 0. The second kappa shape index (κ2) is 4.56. The minimum absolute atomic E-state index is 0.392. The Hall–Kier alpha value is -1.64. The second-order valence-electron chi connectivity index (χ2n) is 4.80. The molecule has 1 aliphatic carbocycles. The summed E-state index contributed by atoms with van der Waals surface area (Å²) in [5.41, 5.74) is 1.76. The molecule has 0 saturated heterocycles. The predicted molar refractivity (Wildman–Crippen MR) is 65.9 cm³/mol. The topological polar surface area (TPSA) is 46.1 Å². The van der Waals surface area contributed by atoms with E-state index in [2.05, 4.69) is 0 Å². The molecule has 0 atom stereocenters. The fraction of sp³-hybridized carbons (Fsp3) is 0.250. The molecule has 2 aromatic carbocycles. The number of benzene rings is 2. The third-order valence-corrected chi connectivity index (χ3v) is 3.78. The van der Waals surface area contributed by atoms with Gasteiger partial charge in [0.25, 0.3) is 0 Å². The highest BCUT2D eigenvalue weighted by Crippen LogP contribution is 2.44. The lowest BCUT2D eigenvalue weighted by molar-refractivity contribution is -0.536. The maximum atomic E-state index is 12.3. The molecule has 0 bridgehead atoms. The van der Waals surface area contributed by atoms with E-state index in [1.807, 2.05) is 60.7 Å². The van der Waals surface area contributed by atoms with Crippen molar-refractivity contribution in [3.8, 4) is 0 Å². The zero-order valence-corrected chi connectivity index (χ0v) is 9.90. The molecule has 0 N–H and O–H groups in total. The molecule has 0 amide bonds. The van der Waals surface area contributed by atoms with Crippen molar-refractivity contribution in [3.05, 3.63) is 71.8 Å². The van der Waals surface area contributed by atoms with Gasteiger partial charge in [0.2, 0.25) is 0 Å². The van der Waals surface area contributed by atoms with Gasteiger partial charge in [-0.3, -0.25) is 0 Å². The van der Waals surface area contributed by atoms with E-state index in [1.54, 1.807) is 0 Å². The normalized spacial score (nSPS) is 30.8. The van der Waals surface area contributed by atoms with E-state index in [-0.39, 0.29) is 0 Å². The van der Waals surface area contributed by atoms with Crippen LogP contribution in [0.25, 0.3) is 0 Å². The van der Waals surface area contributed by atoms with E-state index in [4.69, 9.17) is 0 Å². The van der Waals surface area contributed by atoms with Gasteiger partial charge in [0, 0.05) is 0 Å². The monoisotopic (exact) mass is 238 g/mol. The first-order valence-corrected chi connectivity index (χ1v) is 6.20. The standard InChI is InChI=1S/C16H14O2/c17-15-13(11-7-3-1-4-8-11)16(18)14(15)12-9-5-2-6-10-12/h1-10,13-16H/q-2. The van der Waals surface area contributed by atoms with Crippen LogP contribution in [0.5, 0.6) is 0 Å². The summed E-state index contributed by atoms with van der Waals surface area (Å²) in [5, 5.41) is 24.5. The van der Waals surface area contributed by atoms with E-state index < -0.39 is 24.0 Å². The third-order valence-electron chi connectivity index (χ3n) is 3.78. The zero-order chi connectivity index (χ0) is 12.5. The van der Waals surface area contributed by atoms with Crippen molar-refractivity contribution >= 4 is 0 Å². The van der Waals surface area contributed by atoms with E-state index >= 15 is 0 Å². The molecule has 2 nitrogen and oxygen atoms in total. The first-order valence-electron chi connectivity index (χ1n) is 6.20. The van der Waals surface area contributed by atoms with Crippen LogP contribution in [-0.4, -0.2) is 12.2 Å². The lowest BCUT2D eigenvalue weighted by atomic mass is 9.63. The van der Waals surface area contributed by atoms with Crippen LogP contribution in [0.3, 0.4) is 0 Å². The van der Waals surface area contributed by atoms with Gasteiger partial charge in [0.05, 0.1) is 0 Å². The molecule has 18 heavy (non-hydrogen) atoms. The van der Waals surface area contributed by atoms with Crippen LogP contribution in [0.1, 0.15) is 23.0 Å². The van der Waals surface area contributed by atoms with E-state index in [9.17, 15) is 10.2 Å². The third kappa shape index (κ3) is 1.74. The maximum absolute atomic E-state index is 12.3. The van der Waals surface area contributed by atoms with Crippen molar-refractivity contribution in [1.29, 1.82) is 0 Å². The molecule has 0 spiro atoms. The highest BCUT2D eigenvalue weighted by Gasteiger charge is 2.37. The van der Waals surface area contributed by atoms with Crippen LogP contribution >= 0.6 is 0 Å². The predicted octanol–water partition coefficient (Wildman–Crippen LogP) is 1.03. The smallest absolute Gasteiger partial charge is 0.0401 e. The van der Waals surface area contributed by atoms with Gasteiger partial charge >= 0.3 is 0 Å². The van der Waals surface area contributed by atoms with Crippen LogP contribution in [0, 0.1) is 0 Å². The van der Waals surface area contributed by atoms with Gasteiger partial charge in [-0.05, 0) is 23.0 Å². The molecular weight excluding hydrogens is 224 g/mol. The summed E-state index contributed by atoms with van der Waals surface area (Å²) in [4.78, 5) is 0. The molecule has 3 rings (SSSR count). The largest absolute Gasteiger partial charge is 0.851 e. The lowest BCUT2D eigenvalue weighted by Crippen LogP contribution is -2.63. The Morgan fingerprint density at radius 2 is 0.889 bits per heavy atom. The summed E-state index contributed by atoms with van der Waals surface area (Å²) < 4.78 is 0. The fourth-order valence-electron chi connectivity index (χ4n) is 2.78. The molecule has 2 aromatic rings. The van der Waals surface area contributed by atoms with Gasteiger partial charge < -0.3 is 10.2 Å². The molecule has 0 unspecified atom stereocenters. The van der Waals surface area contributed by atoms with E-state index in [0.29, 0.717) is 0 Å². The summed E-state index contributed by atoms with van der Waals surface area (Å²) in [6.45, 7) is 0. The quantitative estimate of drug-likeness (QED) is 0.784. The molecular formula is C16H14O2-2. The zero-order valence-electron chi connectivity index (χ0n) is 9.90. The van der Waals surface area contributed by atoms with E-state index in [0.717, 1.165) is 11.1 Å². The Balaban J connectivity index is 1.84. The first kappa shape index (κ1) is 11.5. The van der Waals surface area contributed by atoms with Gasteiger partial charge in [-0.1, -0.05) is 60.7 Å². The SMILES string of the molecule is [O-]C1C(c2ccccc2)C([O-])C1c1ccccc1. The maximum Gasteiger partial charge on any atom is -0.0401 e. The second-order valence-corrected chi connectivity index (χ2v) is 4.80. The van der Waals surface area contributed by atoms with Crippen molar-refractivity contribution in [2.24, 2.45) is 0 Å². The van der Waals surface area contributed by atoms with Gasteiger partial charge in [0.1, 0.15) is 0 Å². The number of hydrogen-bond acceptors (Lipinski definition) is 2. The molecule has 1 saturated carbocycles. The average molecular weight is 238 g/mol. The van der Waals surface area contributed by atoms with Gasteiger partial charge in [-0.2, -0.15) is 0 Å². The Labute approximate surface area is 107 Å². The minimum Gasteiger partial charge on any atom is -0.851 e. The highest BCUT2D eigenvalue weighted by molar-refractivity contribution is 5.34. The molecule has 92 valence electrons. The Morgan fingerprint density at radius 1 is 0.556 bits per heavy atom. The van der Waals surface area contributed by atoms with Crippen LogP contribution in [0.15, 0.2) is 60.7 Å². The molecule has 1 aliphatic rings. The van der Waals surface area contributed by atoms with Crippen molar-refractivity contribution in [1.82, 2.24) is 0 Å². The van der Waals surface area contributed by atoms with E-state index in [1.165, 1.54) is 0 Å². The molecule has 1 fully saturated rings. The summed E-state index contributed by atoms with van der Waals surface area (Å²) in [5.74, 6) is -0.784. The van der Waals surface area contributed by atoms with Crippen molar-refractivity contribution in [3.63, 3.8) is 0 Å². The Kier molecular flexibility index (Phi) is 2.90. The molecule has 2 heteroatoms. The number of hydrogen-bond donors (Lipinski definition) is 0. The lowest BCUT2D eigenvalue weighted by Gasteiger charge is -2.61. The summed E-state index contributed by atoms with van der Waals surface area (Å²) >= 11 is 0. The van der Waals surface area contributed by atoms with Crippen LogP contribution in [0.2, 0.25) is 0 Å². The van der Waals surface area contributed by atoms with Crippen LogP contribution < -0.4 is 10.2 Å².